The predicted molar refractivity (Wildman–Crippen MR) is 71.2 cm³/mol. The lowest BCUT2D eigenvalue weighted by molar-refractivity contribution is -0.116. The van der Waals surface area contributed by atoms with Gasteiger partial charge in [0.2, 0.25) is 5.91 Å². The van der Waals surface area contributed by atoms with E-state index in [1.165, 1.54) is 0 Å². The summed E-state index contributed by atoms with van der Waals surface area (Å²) in [6.45, 7) is 1.91. The molecule has 1 amide bonds. The molecule has 0 spiro atoms. The molecular formula is C13H16N2O4. The Morgan fingerprint density at radius 3 is 3.05 bits per heavy atom. The number of hydrogen-bond donors (Lipinski definition) is 2. The number of aromatic amines is 1. The smallest absolute Gasteiger partial charge is 0.408 e. The molecule has 0 aliphatic rings. The Morgan fingerprint density at radius 2 is 2.32 bits per heavy atom. The zero-order valence-electron chi connectivity index (χ0n) is 10.9. The van der Waals surface area contributed by atoms with Crippen molar-refractivity contribution in [3.8, 4) is 0 Å². The second-order valence-electron chi connectivity index (χ2n) is 4.36. The highest BCUT2D eigenvalue weighted by Gasteiger charge is 2.07. The summed E-state index contributed by atoms with van der Waals surface area (Å²) in [5, 5.41) is 2.76. The van der Waals surface area contributed by atoms with Crippen molar-refractivity contribution in [1.29, 1.82) is 0 Å². The Bertz CT molecular complexity index is 629. The number of anilines is 1. The molecule has 0 bridgehead atoms. The zero-order valence-corrected chi connectivity index (χ0v) is 10.9. The van der Waals surface area contributed by atoms with Crippen LogP contribution in [-0.4, -0.2) is 24.1 Å². The molecule has 0 fully saturated rings. The molecule has 1 atom stereocenters. The highest BCUT2D eigenvalue weighted by molar-refractivity contribution is 5.92. The molecule has 0 saturated carbocycles. The quantitative estimate of drug-likeness (QED) is 0.863. The van der Waals surface area contributed by atoms with Crippen molar-refractivity contribution in [3.63, 3.8) is 0 Å². The lowest BCUT2D eigenvalue weighted by Gasteiger charge is -2.09. The summed E-state index contributed by atoms with van der Waals surface area (Å²) in [7, 11) is 1.62. The van der Waals surface area contributed by atoms with Crippen molar-refractivity contribution in [2.24, 2.45) is 0 Å². The van der Waals surface area contributed by atoms with E-state index in [-0.39, 0.29) is 12.0 Å². The number of rotatable bonds is 5. The van der Waals surface area contributed by atoms with Gasteiger partial charge in [-0.05, 0) is 31.5 Å². The summed E-state index contributed by atoms with van der Waals surface area (Å²) < 4.78 is 9.96. The number of H-pyrrole nitrogens is 1. The molecule has 2 N–H and O–H groups in total. The van der Waals surface area contributed by atoms with Crippen LogP contribution in [0.5, 0.6) is 0 Å². The maximum absolute atomic E-state index is 11.7. The fourth-order valence-electron chi connectivity index (χ4n) is 1.71. The van der Waals surface area contributed by atoms with Crippen LogP contribution in [0.3, 0.4) is 0 Å². The summed E-state index contributed by atoms with van der Waals surface area (Å²) >= 11 is 0. The van der Waals surface area contributed by atoms with Gasteiger partial charge in [-0.2, -0.15) is 0 Å². The van der Waals surface area contributed by atoms with Crippen molar-refractivity contribution < 1.29 is 13.9 Å². The number of aromatic nitrogens is 1. The Kier molecular flexibility index (Phi) is 4.01. The second-order valence-corrected chi connectivity index (χ2v) is 4.36. The van der Waals surface area contributed by atoms with Crippen LogP contribution in [-0.2, 0) is 9.53 Å². The molecule has 6 nitrogen and oxygen atoms in total. The van der Waals surface area contributed by atoms with Crippen LogP contribution >= 0.6 is 0 Å². The molecule has 0 aliphatic carbocycles. The number of amides is 1. The predicted octanol–water partition coefficient (Wildman–Crippen LogP) is 1.87. The average molecular weight is 264 g/mol. The number of oxazole rings is 1. The first kappa shape index (κ1) is 13.4. The first-order chi connectivity index (χ1) is 9.08. The highest BCUT2D eigenvalue weighted by atomic mass is 16.5. The van der Waals surface area contributed by atoms with Crippen molar-refractivity contribution in [2.45, 2.75) is 25.9 Å². The molecule has 1 unspecified atom stereocenters. The van der Waals surface area contributed by atoms with Gasteiger partial charge in [-0.1, -0.05) is 0 Å². The molecule has 102 valence electrons. The van der Waals surface area contributed by atoms with Gasteiger partial charge in [0, 0.05) is 19.2 Å². The minimum Gasteiger partial charge on any atom is -0.408 e. The van der Waals surface area contributed by atoms with Crippen LogP contribution in [0.2, 0.25) is 0 Å². The number of methoxy groups -OCH3 is 1. The van der Waals surface area contributed by atoms with E-state index in [9.17, 15) is 9.59 Å². The number of benzene rings is 1. The molecule has 1 aromatic heterocycles. The second kappa shape index (κ2) is 5.71. The van der Waals surface area contributed by atoms with Crippen LogP contribution in [0.4, 0.5) is 5.69 Å². The molecule has 1 aromatic carbocycles. The van der Waals surface area contributed by atoms with Crippen molar-refractivity contribution in [3.05, 3.63) is 28.7 Å². The summed E-state index contributed by atoms with van der Waals surface area (Å²) in [5.41, 5.74) is 1.66. The van der Waals surface area contributed by atoms with E-state index in [4.69, 9.17) is 9.15 Å². The highest BCUT2D eigenvalue weighted by Crippen LogP contribution is 2.16. The van der Waals surface area contributed by atoms with E-state index in [2.05, 4.69) is 10.3 Å². The van der Waals surface area contributed by atoms with Crippen LogP contribution < -0.4 is 11.1 Å². The van der Waals surface area contributed by atoms with Crippen molar-refractivity contribution >= 4 is 22.7 Å². The average Bonchev–Trinajstić information content (AvgIpc) is 2.75. The van der Waals surface area contributed by atoms with Gasteiger partial charge in [0.25, 0.3) is 0 Å². The number of fused-ring (bicyclic) bond motifs is 1. The largest absolute Gasteiger partial charge is 0.417 e. The standard InChI is InChI=1S/C13H16N2O4/c1-8(18-2)3-6-12(16)14-9-4-5-11-10(7-9)15-13(17)19-11/h4-5,7-8H,3,6H2,1-2H3,(H,14,16)(H,15,17). The number of hydrogen-bond acceptors (Lipinski definition) is 4. The van der Waals surface area contributed by atoms with E-state index in [1.807, 2.05) is 6.92 Å². The zero-order chi connectivity index (χ0) is 13.8. The normalized spacial score (nSPS) is 12.5. The third-order valence-electron chi connectivity index (χ3n) is 2.88. The van der Waals surface area contributed by atoms with E-state index in [1.54, 1.807) is 25.3 Å². The van der Waals surface area contributed by atoms with Crippen LogP contribution in [0.25, 0.3) is 11.1 Å². The van der Waals surface area contributed by atoms with Gasteiger partial charge in [0.05, 0.1) is 11.6 Å². The fourth-order valence-corrected chi connectivity index (χ4v) is 1.71. The van der Waals surface area contributed by atoms with Crippen molar-refractivity contribution in [1.82, 2.24) is 4.98 Å². The molecule has 6 heteroatoms. The van der Waals surface area contributed by atoms with E-state index < -0.39 is 5.76 Å². The summed E-state index contributed by atoms with van der Waals surface area (Å²) in [6, 6.07) is 5.00. The van der Waals surface area contributed by atoms with Gasteiger partial charge >= 0.3 is 5.76 Å². The summed E-state index contributed by atoms with van der Waals surface area (Å²) in [5.74, 6) is -0.596. The number of carbonyl (C=O) groups is 1. The molecule has 19 heavy (non-hydrogen) atoms. The summed E-state index contributed by atoms with van der Waals surface area (Å²) in [6.07, 6.45) is 1.10. The number of ether oxygens (including phenoxy) is 1. The first-order valence-electron chi connectivity index (χ1n) is 6.04. The van der Waals surface area contributed by atoms with Crippen LogP contribution in [0.1, 0.15) is 19.8 Å². The Hall–Kier alpha value is -2.08. The molecule has 1 heterocycles. The molecule has 0 saturated heterocycles. The van der Waals surface area contributed by atoms with Crippen LogP contribution in [0.15, 0.2) is 27.4 Å². The molecule has 2 aromatic rings. The third-order valence-corrected chi connectivity index (χ3v) is 2.88. The topological polar surface area (TPSA) is 84.3 Å². The van der Waals surface area contributed by atoms with Gasteiger partial charge < -0.3 is 14.5 Å². The Balaban J connectivity index is 2.00. The minimum absolute atomic E-state index is 0.0541. The van der Waals surface area contributed by atoms with Crippen molar-refractivity contribution in [2.75, 3.05) is 12.4 Å². The van der Waals surface area contributed by atoms with E-state index in [0.29, 0.717) is 29.6 Å². The Morgan fingerprint density at radius 1 is 1.53 bits per heavy atom. The lowest BCUT2D eigenvalue weighted by atomic mass is 10.2. The SMILES string of the molecule is COC(C)CCC(=O)Nc1ccc2oc(=O)[nH]c2c1. The van der Waals surface area contributed by atoms with Gasteiger partial charge in [-0.3, -0.25) is 9.78 Å². The first-order valence-corrected chi connectivity index (χ1v) is 6.04. The Labute approximate surface area is 109 Å². The van der Waals surface area contributed by atoms with Gasteiger partial charge in [-0.15, -0.1) is 0 Å². The van der Waals surface area contributed by atoms with Gasteiger partial charge in [0.15, 0.2) is 5.58 Å². The van der Waals surface area contributed by atoms with Gasteiger partial charge in [0.1, 0.15) is 0 Å². The van der Waals surface area contributed by atoms with Gasteiger partial charge in [-0.25, -0.2) is 4.79 Å². The van der Waals surface area contributed by atoms with E-state index in [0.717, 1.165) is 0 Å². The molecule has 2 rings (SSSR count). The minimum atomic E-state index is -0.507. The molecule has 0 radical (unpaired) electrons. The van der Waals surface area contributed by atoms with Crippen LogP contribution in [0, 0.1) is 0 Å². The fraction of sp³-hybridized carbons (Fsp3) is 0.385. The number of nitrogens with one attached hydrogen (secondary N) is 2. The lowest BCUT2D eigenvalue weighted by Crippen LogP contribution is -2.15. The number of carbonyl (C=O) groups excluding carboxylic acids is 1. The molecular weight excluding hydrogens is 248 g/mol. The summed E-state index contributed by atoms with van der Waals surface area (Å²) in [4.78, 5) is 25.3. The molecule has 0 aliphatic heterocycles. The maximum Gasteiger partial charge on any atom is 0.417 e. The third kappa shape index (κ3) is 3.45. The monoisotopic (exact) mass is 264 g/mol. The van der Waals surface area contributed by atoms with E-state index >= 15 is 0 Å². The maximum atomic E-state index is 11.7.